The van der Waals surface area contributed by atoms with Crippen molar-refractivity contribution in [3.63, 3.8) is 0 Å². The second-order valence-corrected chi connectivity index (χ2v) is 6.12. The lowest BCUT2D eigenvalue weighted by Gasteiger charge is -2.13. The Kier molecular flexibility index (Phi) is 8.09. The largest absolute Gasteiger partial charge is 0.497 e. The molecule has 6 nitrogen and oxygen atoms in total. The molecule has 0 heterocycles. The number of benzene rings is 2. The van der Waals surface area contributed by atoms with E-state index in [0.717, 1.165) is 22.6 Å². The van der Waals surface area contributed by atoms with Gasteiger partial charge in [-0.25, -0.2) is 4.79 Å². The van der Waals surface area contributed by atoms with Gasteiger partial charge < -0.3 is 19.5 Å². The minimum Gasteiger partial charge on any atom is -0.497 e. The van der Waals surface area contributed by atoms with Crippen molar-refractivity contribution in [3.8, 4) is 11.5 Å². The van der Waals surface area contributed by atoms with Gasteiger partial charge in [0.15, 0.2) is 0 Å². The van der Waals surface area contributed by atoms with Crippen molar-refractivity contribution in [3.05, 3.63) is 65.7 Å². The van der Waals surface area contributed by atoms with E-state index < -0.39 is 12.0 Å². The van der Waals surface area contributed by atoms with Crippen LogP contribution in [0, 0.1) is 6.92 Å². The van der Waals surface area contributed by atoms with Crippen LogP contribution in [0.25, 0.3) is 6.08 Å². The lowest BCUT2D eigenvalue weighted by Crippen LogP contribution is -2.39. The minimum atomic E-state index is -0.758. The van der Waals surface area contributed by atoms with Crippen LogP contribution in [0.15, 0.2) is 54.6 Å². The summed E-state index contributed by atoms with van der Waals surface area (Å²) in [6.45, 7) is 3.87. The monoisotopic (exact) mass is 383 g/mol. The standard InChI is InChI=1S/C22H25NO5/c1-16-6-4-5-7-20(16)27-14-15-28-22(25)17(2)23-21(24)13-10-18-8-11-19(26-3)12-9-18/h4-13,17H,14-15H2,1-3H3,(H,23,24)/t17-/m0/s1. The Bertz CT molecular complexity index is 814. The molecule has 28 heavy (non-hydrogen) atoms. The summed E-state index contributed by atoms with van der Waals surface area (Å²) in [6, 6.07) is 14.1. The topological polar surface area (TPSA) is 73.9 Å². The highest BCUT2D eigenvalue weighted by molar-refractivity contribution is 5.94. The third-order valence-electron chi connectivity index (χ3n) is 3.93. The van der Waals surface area contributed by atoms with E-state index in [9.17, 15) is 9.59 Å². The normalized spacial score (nSPS) is 11.7. The van der Waals surface area contributed by atoms with Crippen LogP contribution in [0.5, 0.6) is 11.5 Å². The van der Waals surface area contributed by atoms with Gasteiger partial charge in [-0.2, -0.15) is 0 Å². The molecule has 1 N–H and O–H groups in total. The van der Waals surface area contributed by atoms with Crippen LogP contribution >= 0.6 is 0 Å². The first kappa shape index (κ1) is 21.0. The Balaban J connectivity index is 1.71. The number of nitrogens with one attached hydrogen (secondary N) is 1. The molecule has 0 spiro atoms. The number of methoxy groups -OCH3 is 1. The summed E-state index contributed by atoms with van der Waals surface area (Å²) < 4.78 is 15.8. The highest BCUT2D eigenvalue weighted by Gasteiger charge is 2.15. The fourth-order valence-corrected chi connectivity index (χ4v) is 2.34. The van der Waals surface area contributed by atoms with Gasteiger partial charge in [0.05, 0.1) is 7.11 Å². The van der Waals surface area contributed by atoms with Gasteiger partial charge >= 0.3 is 5.97 Å². The SMILES string of the molecule is COc1ccc(C=CC(=O)N[C@@H](C)C(=O)OCCOc2ccccc2C)cc1. The third kappa shape index (κ3) is 6.79. The number of carbonyl (C=O) groups is 2. The van der Waals surface area contributed by atoms with E-state index in [-0.39, 0.29) is 19.1 Å². The number of aryl methyl sites for hydroxylation is 1. The van der Waals surface area contributed by atoms with Gasteiger partial charge in [-0.3, -0.25) is 4.79 Å². The summed E-state index contributed by atoms with van der Waals surface area (Å²) in [6.07, 6.45) is 3.02. The quantitative estimate of drug-likeness (QED) is 0.409. The molecule has 0 aliphatic heterocycles. The summed E-state index contributed by atoms with van der Waals surface area (Å²) in [7, 11) is 1.59. The number of hydrogen-bond acceptors (Lipinski definition) is 5. The van der Waals surface area contributed by atoms with Gasteiger partial charge in [0.25, 0.3) is 0 Å². The average molecular weight is 383 g/mol. The van der Waals surface area contributed by atoms with Crippen molar-refractivity contribution in [1.29, 1.82) is 0 Å². The summed E-state index contributed by atoms with van der Waals surface area (Å²) in [5, 5.41) is 2.57. The fraction of sp³-hybridized carbons (Fsp3) is 0.273. The molecule has 0 fully saturated rings. The molecule has 1 amide bonds. The lowest BCUT2D eigenvalue weighted by molar-refractivity contribution is -0.147. The van der Waals surface area contributed by atoms with Gasteiger partial charge in [0.1, 0.15) is 30.8 Å². The molecule has 148 valence electrons. The first-order valence-electron chi connectivity index (χ1n) is 8.97. The van der Waals surface area contributed by atoms with E-state index in [1.54, 1.807) is 32.2 Å². The van der Waals surface area contributed by atoms with E-state index in [0.29, 0.717) is 0 Å². The summed E-state index contributed by atoms with van der Waals surface area (Å²) >= 11 is 0. The second-order valence-electron chi connectivity index (χ2n) is 6.12. The highest BCUT2D eigenvalue weighted by atomic mass is 16.6. The summed E-state index contributed by atoms with van der Waals surface area (Å²) in [5.41, 5.74) is 1.86. The molecule has 0 bridgehead atoms. The molecular formula is C22H25NO5. The van der Waals surface area contributed by atoms with E-state index in [2.05, 4.69) is 5.32 Å². The smallest absolute Gasteiger partial charge is 0.328 e. The van der Waals surface area contributed by atoms with Crippen LogP contribution in [0.2, 0.25) is 0 Å². The van der Waals surface area contributed by atoms with Gasteiger partial charge in [-0.1, -0.05) is 30.3 Å². The number of carbonyl (C=O) groups excluding carboxylic acids is 2. The molecule has 0 aliphatic rings. The molecule has 6 heteroatoms. The van der Waals surface area contributed by atoms with Crippen molar-refractivity contribution >= 4 is 18.0 Å². The van der Waals surface area contributed by atoms with Crippen molar-refractivity contribution in [2.75, 3.05) is 20.3 Å². The van der Waals surface area contributed by atoms with Crippen molar-refractivity contribution < 1.29 is 23.8 Å². The first-order chi connectivity index (χ1) is 13.5. The Morgan fingerprint density at radius 1 is 1.07 bits per heavy atom. The third-order valence-corrected chi connectivity index (χ3v) is 3.93. The van der Waals surface area contributed by atoms with Crippen molar-refractivity contribution in [1.82, 2.24) is 5.32 Å². The molecule has 2 aromatic rings. The Morgan fingerprint density at radius 2 is 1.79 bits per heavy atom. The molecule has 0 saturated heterocycles. The molecular weight excluding hydrogens is 358 g/mol. The minimum absolute atomic E-state index is 0.106. The van der Waals surface area contributed by atoms with Crippen LogP contribution in [0.1, 0.15) is 18.1 Å². The maximum absolute atomic E-state index is 12.0. The van der Waals surface area contributed by atoms with Crippen molar-refractivity contribution in [2.45, 2.75) is 19.9 Å². The number of hydrogen-bond donors (Lipinski definition) is 1. The van der Waals surface area contributed by atoms with Crippen molar-refractivity contribution in [2.24, 2.45) is 0 Å². The second kappa shape index (κ2) is 10.8. The molecule has 2 rings (SSSR count). The zero-order valence-corrected chi connectivity index (χ0v) is 16.3. The summed E-state index contributed by atoms with van der Waals surface area (Å²) in [4.78, 5) is 23.9. The number of esters is 1. The van der Waals surface area contributed by atoms with E-state index in [1.807, 2.05) is 43.3 Å². The molecule has 0 radical (unpaired) electrons. The Labute approximate surface area is 165 Å². The number of amides is 1. The predicted molar refractivity (Wildman–Crippen MR) is 107 cm³/mol. The van der Waals surface area contributed by atoms with Gasteiger partial charge in [0, 0.05) is 6.08 Å². The maximum Gasteiger partial charge on any atom is 0.328 e. The highest BCUT2D eigenvalue weighted by Crippen LogP contribution is 2.15. The zero-order valence-electron chi connectivity index (χ0n) is 16.3. The number of rotatable bonds is 9. The van der Waals surface area contributed by atoms with Gasteiger partial charge in [0.2, 0.25) is 5.91 Å². The van der Waals surface area contributed by atoms with Gasteiger partial charge in [-0.05, 0) is 49.2 Å². The molecule has 0 unspecified atom stereocenters. The molecule has 2 aromatic carbocycles. The lowest BCUT2D eigenvalue weighted by atomic mass is 10.2. The predicted octanol–water partition coefficient (Wildman–Crippen LogP) is 3.14. The molecule has 0 saturated carbocycles. The van der Waals surface area contributed by atoms with Gasteiger partial charge in [-0.15, -0.1) is 0 Å². The van der Waals surface area contributed by atoms with Crippen LogP contribution in [-0.4, -0.2) is 38.2 Å². The van der Waals surface area contributed by atoms with Crippen LogP contribution in [-0.2, 0) is 14.3 Å². The Morgan fingerprint density at radius 3 is 2.46 bits per heavy atom. The number of para-hydroxylation sites is 1. The van der Waals surface area contributed by atoms with E-state index in [1.165, 1.54) is 6.08 Å². The Hall–Kier alpha value is -3.28. The summed E-state index contributed by atoms with van der Waals surface area (Å²) in [5.74, 6) is 0.601. The zero-order chi connectivity index (χ0) is 20.4. The van der Waals surface area contributed by atoms with Crippen LogP contribution in [0.3, 0.4) is 0 Å². The fourth-order valence-electron chi connectivity index (χ4n) is 2.34. The molecule has 1 atom stereocenters. The first-order valence-corrected chi connectivity index (χ1v) is 8.97. The van der Waals surface area contributed by atoms with Crippen LogP contribution < -0.4 is 14.8 Å². The van der Waals surface area contributed by atoms with E-state index in [4.69, 9.17) is 14.2 Å². The van der Waals surface area contributed by atoms with E-state index >= 15 is 0 Å². The molecule has 0 aliphatic carbocycles. The van der Waals surface area contributed by atoms with Crippen LogP contribution in [0.4, 0.5) is 0 Å². The molecule has 0 aromatic heterocycles. The maximum atomic E-state index is 12.0. The number of ether oxygens (including phenoxy) is 3. The average Bonchev–Trinajstić information content (AvgIpc) is 2.71.